The molecule has 0 fully saturated rings. The molecule has 1 aromatic heterocycles. The van der Waals surface area contributed by atoms with Crippen LogP contribution in [0.2, 0.25) is 0 Å². The van der Waals surface area contributed by atoms with Crippen molar-refractivity contribution in [3.05, 3.63) is 17.7 Å². The molecule has 13 heteroatoms. The summed E-state index contributed by atoms with van der Waals surface area (Å²) in [5, 5.41) is 9.66. The highest BCUT2D eigenvalue weighted by Crippen LogP contribution is 2.35. The summed E-state index contributed by atoms with van der Waals surface area (Å²) in [6, 6.07) is 2.57. The maximum atomic E-state index is 12.6. The van der Waals surface area contributed by atoms with E-state index in [1.54, 1.807) is 6.92 Å². The molecule has 0 aliphatic carbocycles. The highest BCUT2D eigenvalue weighted by molar-refractivity contribution is 7.94. The molecule has 0 radical (unpaired) electrons. The molecule has 2 aromatic rings. The Kier molecular flexibility index (Phi) is 6.75. The van der Waals surface area contributed by atoms with Gasteiger partial charge in [0.2, 0.25) is 11.0 Å². The van der Waals surface area contributed by atoms with Gasteiger partial charge in [-0.3, -0.25) is 9.52 Å². The molecule has 0 spiro atoms. The number of ether oxygens (including phenoxy) is 3. The van der Waals surface area contributed by atoms with E-state index in [-0.39, 0.29) is 40.2 Å². The predicted molar refractivity (Wildman–Crippen MR) is 101 cm³/mol. The Morgan fingerprint density at radius 3 is 2.32 bits per heavy atom. The van der Waals surface area contributed by atoms with Crippen molar-refractivity contribution >= 4 is 44.1 Å². The predicted octanol–water partition coefficient (Wildman–Crippen LogP) is 1.49. The van der Waals surface area contributed by atoms with Gasteiger partial charge in [0.05, 0.1) is 32.6 Å². The van der Waals surface area contributed by atoms with Gasteiger partial charge in [-0.1, -0.05) is 18.3 Å². The number of nitrogens with zero attached hydrogens (tertiary/aromatic N) is 2. The van der Waals surface area contributed by atoms with Crippen LogP contribution < -0.4 is 19.5 Å². The zero-order valence-electron chi connectivity index (χ0n) is 15.4. The van der Waals surface area contributed by atoms with E-state index in [0.29, 0.717) is 11.3 Å². The fraction of sp³-hybridized carbons (Fsp3) is 0.333. The lowest BCUT2D eigenvalue weighted by molar-refractivity contribution is -0.115. The maximum absolute atomic E-state index is 12.6. The number of anilines is 2. The molecule has 1 heterocycles. The molecule has 2 N–H and O–H groups in total. The molecule has 11 nitrogen and oxygen atoms in total. The van der Waals surface area contributed by atoms with Crippen LogP contribution >= 0.6 is 11.3 Å². The number of esters is 1. The summed E-state index contributed by atoms with van der Waals surface area (Å²) in [5.74, 6) is -0.708. The average molecular weight is 430 g/mol. The van der Waals surface area contributed by atoms with Crippen molar-refractivity contribution < 1.29 is 32.2 Å². The first-order valence-electron chi connectivity index (χ1n) is 7.76. The average Bonchev–Trinajstić information content (AvgIpc) is 3.16. The van der Waals surface area contributed by atoms with Crippen molar-refractivity contribution in [3.63, 3.8) is 0 Å². The first kappa shape index (κ1) is 21.4. The summed E-state index contributed by atoms with van der Waals surface area (Å²) in [5.41, 5.74) is -0.188. The molecule has 0 saturated heterocycles. The molecule has 0 bridgehead atoms. The van der Waals surface area contributed by atoms with Gasteiger partial charge in [0, 0.05) is 18.6 Å². The van der Waals surface area contributed by atoms with Crippen LogP contribution in [0.1, 0.15) is 23.7 Å². The molecule has 1 aromatic carbocycles. The molecular weight excluding hydrogens is 412 g/mol. The molecule has 0 aliphatic rings. The van der Waals surface area contributed by atoms with E-state index in [4.69, 9.17) is 9.47 Å². The molecule has 0 aliphatic heterocycles. The topological polar surface area (TPSA) is 146 Å². The van der Waals surface area contributed by atoms with Crippen LogP contribution in [0.15, 0.2) is 16.5 Å². The van der Waals surface area contributed by atoms with Crippen LogP contribution in [0.5, 0.6) is 11.5 Å². The number of aromatic nitrogens is 2. The Morgan fingerprint density at radius 2 is 1.75 bits per heavy atom. The Hall–Kier alpha value is -2.93. The number of carbonyl (C=O) groups is 2. The second kappa shape index (κ2) is 8.84. The maximum Gasteiger partial charge on any atom is 0.340 e. The summed E-state index contributed by atoms with van der Waals surface area (Å²) < 4.78 is 42.1. The van der Waals surface area contributed by atoms with Gasteiger partial charge in [-0.25, -0.2) is 4.79 Å². The van der Waals surface area contributed by atoms with Gasteiger partial charge in [0.1, 0.15) is 0 Å². The number of rotatable bonds is 8. The molecular formula is C15H18N4O7S2. The van der Waals surface area contributed by atoms with Crippen LogP contribution in [0, 0.1) is 0 Å². The third kappa shape index (κ3) is 4.67. The lowest BCUT2D eigenvalue weighted by Gasteiger charge is -2.14. The fourth-order valence-corrected chi connectivity index (χ4v) is 4.00. The molecule has 28 heavy (non-hydrogen) atoms. The number of sulfonamides is 1. The summed E-state index contributed by atoms with van der Waals surface area (Å²) in [7, 11) is -0.313. The lowest BCUT2D eigenvalue weighted by Crippen LogP contribution is -2.16. The molecule has 0 unspecified atom stereocenters. The van der Waals surface area contributed by atoms with E-state index in [2.05, 4.69) is 25.0 Å². The van der Waals surface area contributed by atoms with Crippen LogP contribution in [-0.2, 0) is 19.6 Å². The molecule has 152 valence electrons. The van der Waals surface area contributed by atoms with Crippen molar-refractivity contribution in [2.24, 2.45) is 0 Å². The van der Waals surface area contributed by atoms with Gasteiger partial charge in [-0.2, -0.15) is 8.42 Å². The van der Waals surface area contributed by atoms with Crippen LogP contribution in [0.25, 0.3) is 0 Å². The van der Waals surface area contributed by atoms with E-state index in [9.17, 15) is 18.0 Å². The van der Waals surface area contributed by atoms with Crippen molar-refractivity contribution in [1.29, 1.82) is 0 Å². The third-order valence-corrected chi connectivity index (χ3v) is 5.95. The number of hydrogen-bond donors (Lipinski definition) is 2. The quantitative estimate of drug-likeness (QED) is 0.470. The Labute approximate surface area is 165 Å². The number of hydrogen-bond acceptors (Lipinski definition) is 10. The van der Waals surface area contributed by atoms with Gasteiger partial charge < -0.3 is 19.5 Å². The monoisotopic (exact) mass is 430 g/mol. The number of carbonyl (C=O) groups excluding carboxylic acids is 2. The summed E-state index contributed by atoms with van der Waals surface area (Å²) in [6.07, 6.45) is 0.202. The SMILES string of the molecule is CCC(=O)Nc1nnc(S(=O)(=O)Nc2cc(OC)c(OC)cc2C(=O)OC)s1. The Balaban J connectivity index is 2.42. The standard InChI is InChI=1S/C15H18N4O7S2/c1-5-12(20)16-14-17-18-15(27-14)28(22,23)19-9-7-11(25-3)10(24-2)6-8(9)13(21)26-4/h6-7,19H,5H2,1-4H3,(H,16,17,20). The van der Waals surface area contributed by atoms with Crippen molar-refractivity contribution in [2.45, 2.75) is 17.7 Å². The summed E-state index contributed by atoms with van der Waals surface area (Å²) in [6.45, 7) is 1.64. The Bertz CT molecular complexity index is 988. The first-order chi connectivity index (χ1) is 13.2. The number of methoxy groups -OCH3 is 3. The van der Waals surface area contributed by atoms with E-state index in [1.807, 2.05) is 0 Å². The smallest absolute Gasteiger partial charge is 0.340 e. The Morgan fingerprint density at radius 1 is 1.11 bits per heavy atom. The van der Waals surface area contributed by atoms with Gasteiger partial charge in [-0.05, 0) is 0 Å². The molecule has 0 saturated carbocycles. The molecule has 2 rings (SSSR count). The van der Waals surface area contributed by atoms with Crippen LogP contribution in [0.3, 0.4) is 0 Å². The minimum atomic E-state index is -4.20. The highest BCUT2D eigenvalue weighted by atomic mass is 32.2. The van der Waals surface area contributed by atoms with Crippen LogP contribution in [0.4, 0.5) is 10.8 Å². The van der Waals surface area contributed by atoms with Gasteiger partial charge >= 0.3 is 5.97 Å². The second-order valence-corrected chi connectivity index (χ2v) is 7.96. The van der Waals surface area contributed by atoms with Crippen LogP contribution in [-0.4, -0.2) is 51.8 Å². The fourth-order valence-electron chi connectivity index (χ4n) is 2.01. The van der Waals surface area contributed by atoms with Crippen molar-refractivity contribution in [3.8, 4) is 11.5 Å². The summed E-state index contributed by atoms with van der Waals surface area (Å²) >= 11 is 0.664. The zero-order valence-corrected chi connectivity index (χ0v) is 17.1. The van der Waals surface area contributed by atoms with Crippen molar-refractivity contribution in [2.75, 3.05) is 31.4 Å². The van der Waals surface area contributed by atoms with Gasteiger partial charge in [0.25, 0.3) is 14.4 Å². The number of benzene rings is 1. The molecule has 1 amide bonds. The zero-order chi connectivity index (χ0) is 20.9. The van der Waals surface area contributed by atoms with E-state index in [0.717, 1.165) is 7.11 Å². The minimum Gasteiger partial charge on any atom is -0.493 e. The van der Waals surface area contributed by atoms with Crippen molar-refractivity contribution in [1.82, 2.24) is 10.2 Å². The van der Waals surface area contributed by atoms with Gasteiger partial charge in [0.15, 0.2) is 11.5 Å². The lowest BCUT2D eigenvalue weighted by atomic mass is 10.1. The number of amides is 1. The van der Waals surface area contributed by atoms with E-state index in [1.165, 1.54) is 26.4 Å². The highest BCUT2D eigenvalue weighted by Gasteiger charge is 2.25. The van der Waals surface area contributed by atoms with E-state index < -0.39 is 20.3 Å². The van der Waals surface area contributed by atoms with Gasteiger partial charge in [-0.15, -0.1) is 10.2 Å². The second-order valence-electron chi connectivity index (χ2n) is 5.12. The third-order valence-electron chi connectivity index (χ3n) is 3.38. The number of nitrogens with one attached hydrogen (secondary N) is 2. The minimum absolute atomic E-state index is 0.0349. The normalized spacial score (nSPS) is 10.9. The summed E-state index contributed by atoms with van der Waals surface area (Å²) in [4.78, 5) is 23.5. The first-order valence-corrected chi connectivity index (χ1v) is 10.1. The largest absolute Gasteiger partial charge is 0.493 e. The molecule has 0 atom stereocenters. The van der Waals surface area contributed by atoms with E-state index >= 15 is 0 Å².